The molecule has 0 N–H and O–H groups in total. The van der Waals surface area contributed by atoms with E-state index in [4.69, 9.17) is 0 Å². The first kappa shape index (κ1) is 13.4. The minimum Gasteiger partial charge on any atom is -0.274 e. The van der Waals surface area contributed by atoms with E-state index in [9.17, 15) is 9.59 Å². The topological polar surface area (TPSA) is 37.4 Å². The smallest absolute Gasteiger partial charge is 0.261 e. The fraction of sp³-hybridized carbons (Fsp3) is 0.429. The van der Waals surface area contributed by atoms with Crippen LogP contribution in [0.2, 0.25) is 0 Å². The minimum atomic E-state index is -0.160. The fourth-order valence-electron chi connectivity index (χ4n) is 1.67. The molecule has 0 aromatic heterocycles. The number of hydrogen-bond donors (Lipinski definition) is 0. The van der Waals surface area contributed by atoms with Crippen LogP contribution in [0.4, 0.5) is 0 Å². The van der Waals surface area contributed by atoms with Crippen LogP contribution >= 0.6 is 0 Å². The van der Waals surface area contributed by atoms with E-state index in [1.807, 2.05) is 6.92 Å². The highest BCUT2D eigenvalue weighted by Gasteiger charge is 2.33. The van der Waals surface area contributed by atoms with E-state index >= 15 is 0 Å². The number of benzene rings is 1. The third kappa shape index (κ3) is 2.73. The molecule has 3 nitrogen and oxygen atoms in total. The van der Waals surface area contributed by atoms with Crippen LogP contribution < -0.4 is 0 Å². The van der Waals surface area contributed by atoms with E-state index in [-0.39, 0.29) is 11.8 Å². The number of imide groups is 1. The van der Waals surface area contributed by atoms with Crippen molar-refractivity contribution < 1.29 is 9.59 Å². The Morgan fingerprint density at radius 2 is 1.35 bits per heavy atom. The molecule has 3 heteroatoms. The molecule has 2 amide bonds. The van der Waals surface area contributed by atoms with Crippen molar-refractivity contribution in [3.63, 3.8) is 0 Å². The summed E-state index contributed by atoms with van der Waals surface area (Å²) in [5, 5.41) is 0. The second kappa shape index (κ2) is 6.18. The SMILES string of the molecule is CCC.CCCN1C(=O)c2ccccc2C1=O. The van der Waals surface area contributed by atoms with E-state index in [1.54, 1.807) is 24.3 Å². The van der Waals surface area contributed by atoms with E-state index < -0.39 is 0 Å². The van der Waals surface area contributed by atoms with Crippen LogP contribution in [0.1, 0.15) is 54.3 Å². The quantitative estimate of drug-likeness (QED) is 0.736. The van der Waals surface area contributed by atoms with Gasteiger partial charge in [0.05, 0.1) is 11.1 Å². The van der Waals surface area contributed by atoms with Crippen LogP contribution in [0.3, 0.4) is 0 Å². The van der Waals surface area contributed by atoms with Crippen LogP contribution in [-0.4, -0.2) is 23.3 Å². The normalized spacial score (nSPS) is 13.2. The Morgan fingerprint density at radius 1 is 0.941 bits per heavy atom. The second-order valence-corrected chi connectivity index (χ2v) is 4.01. The lowest BCUT2D eigenvalue weighted by molar-refractivity contribution is 0.0654. The molecule has 0 unspecified atom stereocenters. The van der Waals surface area contributed by atoms with E-state index in [0.717, 1.165) is 6.42 Å². The molecular formula is C14H19NO2. The van der Waals surface area contributed by atoms with Crippen molar-refractivity contribution in [1.82, 2.24) is 4.90 Å². The fourth-order valence-corrected chi connectivity index (χ4v) is 1.67. The van der Waals surface area contributed by atoms with Gasteiger partial charge in [-0.3, -0.25) is 14.5 Å². The van der Waals surface area contributed by atoms with Crippen molar-refractivity contribution in [3.8, 4) is 0 Å². The summed E-state index contributed by atoms with van der Waals surface area (Å²) in [6, 6.07) is 6.95. The zero-order valence-corrected chi connectivity index (χ0v) is 10.7. The molecule has 1 aromatic rings. The number of rotatable bonds is 2. The van der Waals surface area contributed by atoms with Gasteiger partial charge in [0.2, 0.25) is 0 Å². The van der Waals surface area contributed by atoms with Gasteiger partial charge in [-0.25, -0.2) is 0 Å². The summed E-state index contributed by atoms with van der Waals surface area (Å²) in [4.78, 5) is 24.7. The molecule has 0 bridgehead atoms. The number of carbonyl (C=O) groups excluding carboxylic acids is 2. The predicted octanol–water partition coefficient (Wildman–Crippen LogP) is 3.11. The average Bonchev–Trinajstić information content (AvgIpc) is 2.57. The van der Waals surface area contributed by atoms with E-state index in [1.165, 1.54) is 11.3 Å². The molecule has 2 rings (SSSR count). The number of nitrogens with zero attached hydrogens (tertiary/aromatic N) is 1. The van der Waals surface area contributed by atoms with Crippen molar-refractivity contribution in [2.24, 2.45) is 0 Å². The maximum atomic E-state index is 11.7. The molecule has 0 spiro atoms. The van der Waals surface area contributed by atoms with Crippen LogP contribution in [0.15, 0.2) is 24.3 Å². The second-order valence-electron chi connectivity index (χ2n) is 4.01. The van der Waals surface area contributed by atoms with Crippen molar-refractivity contribution in [1.29, 1.82) is 0 Å². The summed E-state index contributed by atoms with van der Waals surface area (Å²) in [5.41, 5.74) is 1.07. The zero-order valence-electron chi connectivity index (χ0n) is 10.7. The Bertz CT molecular complexity index is 377. The molecule has 0 atom stereocenters. The first-order chi connectivity index (χ1) is 8.17. The zero-order chi connectivity index (χ0) is 12.8. The van der Waals surface area contributed by atoms with Crippen molar-refractivity contribution in [3.05, 3.63) is 35.4 Å². The van der Waals surface area contributed by atoms with Gasteiger partial charge < -0.3 is 0 Å². The molecule has 0 radical (unpaired) electrons. The lowest BCUT2D eigenvalue weighted by atomic mass is 10.1. The van der Waals surface area contributed by atoms with Gasteiger partial charge in [-0.2, -0.15) is 0 Å². The molecule has 17 heavy (non-hydrogen) atoms. The largest absolute Gasteiger partial charge is 0.274 e. The standard InChI is InChI=1S/C11H11NO2.C3H8/c1-2-7-12-10(13)8-5-3-4-6-9(8)11(12)14;1-3-2/h3-6H,2,7H2,1H3;3H2,1-2H3. The van der Waals surface area contributed by atoms with Crippen LogP contribution in [0, 0.1) is 0 Å². The van der Waals surface area contributed by atoms with E-state index in [0.29, 0.717) is 17.7 Å². The summed E-state index contributed by atoms with van der Waals surface area (Å²) < 4.78 is 0. The summed E-state index contributed by atoms with van der Waals surface area (Å²) in [6.45, 7) is 6.70. The van der Waals surface area contributed by atoms with Crippen molar-refractivity contribution in [2.75, 3.05) is 6.54 Å². The minimum absolute atomic E-state index is 0.160. The molecule has 0 saturated heterocycles. The highest BCUT2D eigenvalue weighted by molar-refractivity contribution is 6.21. The van der Waals surface area contributed by atoms with Gasteiger partial charge in [0, 0.05) is 6.54 Å². The van der Waals surface area contributed by atoms with Crippen LogP contribution in [0.5, 0.6) is 0 Å². The van der Waals surface area contributed by atoms with Crippen LogP contribution in [0.25, 0.3) is 0 Å². The van der Waals surface area contributed by atoms with Crippen molar-refractivity contribution in [2.45, 2.75) is 33.6 Å². The molecule has 0 aliphatic carbocycles. The number of amides is 2. The molecule has 92 valence electrons. The van der Waals surface area contributed by atoms with Crippen molar-refractivity contribution >= 4 is 11.8 Å². The Morgan fingerprint density at radius 3 is 1.71 bits per heavy atom. The van der Waals surface area contributed by atoms with Gasteiger partial charge in [0.15, 0.2) is 0 Å². The monoisotopic (exact) mass is 233 g/mol. The third-order valence-electron chi connectivity index (χ3n) is 2.33. The molecule has 1 heterocycles. The number of fused-ring (bicyclic) bond motifs is 1. The Kier molecular flexibility index (Phi) is 4.88. The molecule has 1 aromatic carbocycles. The number of carbonyl (C=O) groups is 2. The Balaban J connectivity index is 0.000000437. The first-order valence-corrected chi connectivity index (χ1v) is 6.12. The lowest BCUT2D eigenvalue weighted by Crippen LogP contribution is -2.30. The summed E-state index contributed by atoms with van der Waals surface area (Å²) in [6.07, 6.45) is 2.05. The highest BCUT2D eigenvalue weighted by atomic mass is 16.2. The van der Waals surface area contributed by atoms with Gasteiger partial charge in [0.25, 0.3) is 11.8 Å². The molecule has 0 fully saturated rings. The predicted molar refractivity (Wildman–Crippen MR) is 68.1 cm³/mol. The van der Waals surface area contributed by atoms with Gasteiger partial charge in [-0.15, -0.1) is 0 Å². The Labute approximate surface area is 102 Å². The summed E-state index contributed by atoms with van der Waals surface area (Å²) >= 11 is 0. The average molecular weight is 233 g/mol. The third-order valence-corrected chi connectivity index (χ3v) is 2.33. The maximum absolute atomic E-state index is 11.7. The van der Waals surface area contributed by atoms with Gasteiger partial charge in [0.1, 0.15) is 0 Å². The summed E-state index contributed by atoms with van der Waals surface area (Å²) in [7, 11) is 0. The van der Waals surface area contributed by atoms with E-state index in [2.05, 4.69) is 13.8 Å². The first-order valence-electron chi connectivity index (χ1n) is 6.12. The summed E-state index contributed by atoms with van der Waals surface area (Å²) in [5.74, 6) is -0.320. The molecule has 1 aliphatic rings. The van der Waals surface area contributed by atoms with Gasteiger partial charge in [-0.05, 0) is 18.6 Å². The highest BCUT2D eigenvalue weighted by Crippen LogP contribution is 2.22. The van der Waals surface area contributed by atoms with Gasteiger partial charge >= 0.3 is 0 Å². The van der Waals surface area contributed by atoms with Gasteiger partial charge in [-0.1, -0.05) is 39.3 Å². The lowest BCUT2D eigenvalue weighted by Gasteiger charge is -2.11. The molecular weight excluding hydrogens is 214 g/mol. The maximum Gasteiger partial charge on any atom is 0.261 e. The number of hydrogen-bond acceptors (Lipinski definition) is 2. The Hall–Kier alpha value is -1.64. The molecule has 0 saturated carbocycles. The van der Waals surface area contributed by atoms with Crippen LogP contribution in [-0.2, 0) is 0 Å². The molecule has 1 aliphatic heterocycles.